The van der Waals surface area contributed by atoms with E-state index in [1.165, 1.54) is 237 Å². The van der Waals surface area contributed by atoms with Gasteiger partial charge in [-0.1, -0.05) is 175 Å². The van der Waals surface area contributed by atoms with Crippen molar-refractivity contribution in [3.8, 4) is 64.6 Å². The summed E-state index contributed by atoms with van der Waals surface area (Å²) < 4.78 is 0. The predicted molar refractivity (Wildman–Crippen MR) is 416 cm³/mol. The number of Topliss-reactive ketones (excluding diaryl/α,β-unsaturated/α-hetero) is 1. The van der Waals surface area contributed by atoms with Crippen molar-refractivity contribution in [2.75, 3.05) is 0 Å². The standard InChI is InChI=1S/C55H65NO2S6.C25H31NS3/c1-5-9-13-17-23-36-38(25-19-15-11-7-3)53(63-51(36)44-27-21-33-59-44)46-31-29-42(61-46)40-35-41(57)49-48(40)55(58)56-50(49)43-30-32-47(62-43)54-39(26-20-16-12-8-4)37(24-18-14-10-6-2)52(64-54)45-28-22-34-60-45;1-3-5-7-9-12-20-21(13-10-8-6-4-2)25(23-16-15-19(18-26)28-23)29-24(20)22-14-11-17-27-22/h21-22,27-34H,5-20,23-26,35H2,1-4H3,(H,56,58);11,14-17H,3-10,12-13H2,1-2H3. The van der Waals surface area contributed by atoms with Gasteiger partial charge in [0.2, 0.25) is 0 Å². The zero-order valence-electron chi connectivity index (χ0n) is 56.0. The first-order valence-corrected chi connectivity index (χ1v) is 42.9. The molecule has 0 aromatic carbocycles. The van der Waals surface area contributed by atoms with Gasteiger partial charge in [0.05, 0.1) is 21.7 Å². The van der Waals surface area contributed by atoms with E-state index in [1.807, 2.05) is 74.1 Å². The Labute approximate surface area is 593 Å². The summed E-state index contributed by atoms with van der Waals surface area (Å²) >= 11 is 16.6. The lowest BCUT2D eigenvalue weighted by Gasteiger charge is -2.09. The first-order chi connectivity index (χ1) is 45.7. The van der Waals surface area contributed by atoms with Crippen molar-refractivity contribution in [1.29, 1.82) is 5.26 Å². The number of thiophene rings is 9. The van der Waals surface area contributed by atoms with Gasteiger partial charge in [-0.2, -0.15) is 5.26 Å². The van der Waals surface area contributed by atoms with Gasteiger partial charge in [0.15, 0.2) is 5.78 Å². The molecule has 0 bridgehead atoms. The van der Waals surface area contributed by atoms with Crippen LogP contribution in [0.1, 0.15) is 250 Å². The molecule has 10 heterocycles. The maximum absolute atomic E-state index is 14.1. The van der Waals surface area contributed by atoms with Crippen LogP contribution in [0.2, 0.25) is 0 Å². The summed E-state index contributed by atoms with van der Waals surface area (Å²) in [7, 11) is 0. The molecule has 0 fully saturated rings. The van der Waals surface area contributed by atoms with Gasteiger partial charge in [-0.05, 0) is 187 Å². The topological polar surface area (TPSA) is 70.0 Å². The number of nitrogens with zero attached hydrogens (tertiary/aromatic N) is 1. The second kappa shape index (κ2) is 36.7. The number of nitrogens with one attached hydrogen (secondary N) is 1. The van der Waals surface area contributed by atoms with E-state index in [-0.39, 0.29) is 18.1 Å². The molecule has 1 aliphatic carbocycles. The molecule has 2 aliphatic rings. The van der Waals surface area contributed by atoms with Crippen molar-refractivity contribution in [3.63, 3.8) is 0 Å². The van der Waals surface area contributed by atoms with Crippen molar-refractivity contribution in [2.45, 2.75) is 241 Å². The summed E-state index contributed by atoms with van der Waals surface area (Å²) in [6.07, 6.45) is 37.4. The molecule has 9 aromatic rings. The summed E-state index contributed by atoms with van der Waals surface area (Å²) in [4.78, 5) is 47.5. The Bertz CT molecular complexity index is 3730. The van der Waals surface area contributed by atoms with Gasteiger partial charge in [0.25, 0.3) is 5.91 Å². The van der Waals surface area contributed by atoms with Crippen molar-refractivity contribution >= 4 is 125 Å². The molecule has 1 aliphatic heterocycles. The van der Waals surface area contributed by atoms with Crippen molar-refractivity contribution in [1.82, 2.24) is 5.32 Å². The number of hydrogen-bond donors (Lipinski definition) is 1. The van der Waals surface area contributed by atoms with E-state index in [2.05, 4.69) is 136 Å². The quantitative estimate of drug-likeness (QED) is 0.0392. The second-order valence-electron chi connectivity index (χ2n) is 25.2. The fraction of sp³-hybridized carbons (Fsp3) is 0.463. The number of carbonyl (C=O) groups is 2. The highest BCUT2D eigenvalue weighted by Gasteiger charge is 2.42. The van der Waals surface area contributed by atoms with Crippen molar-refractivity contribution < 1.29 is 9.59 Å². The number of fused-ring (bicyclic) bond motifs is 1. The van der Waals surface area contributed by atoms with Crippen LogP contribution in [-0.2, 0) is 48.1 Å². The fourth-order valence-corrected chi connectivity index (χ4v) is 23.5. The number of amides is 1. The van der Waals surface area contributed by atoms with E-state index in [0.717, 1.165) is 45.9 Å². The molecule has 0 radical (unpaired) electrons. The van der Waals surface area contributed by atoms with Gasteiger partial charge in [-0.15, -0.1) is 102 Å². The van der Waals surface area contributed by atoms with Gasteiger partial charge < -0.3 is 5.32 Å². The molecule has 0 atom stereocenters. The monoisotopic (exact) mass is 1400 g/mol. The zero-order chi connectivity index (χ0) is 64.9. The van der Waals surface area contributed by atoms with Crippen LogP contribution in [0.25, 0.3) is 69.8 Å². The third-order valence-corrected chi connectivity index (χ3v) is 29.0. The van der Waals surface area contributed by atoms with Gasteiger partial charge in [0.1, 0.15) is 10.9 Å². The molecule has 492 valence electrons. The van der Waals surface area contributed by atoms with E-state index in [9.17, 15) is 14.9 Å². The molecular weight excluding hydrogens is 1310 g/mol. The number of hydrogen-bond acceptors (Lipinski definition) is 12. The summed E-state index contributed by atoms with van der Waals surface area (Å²) in [6, 6.07) is 28.7. The van der Waals surface area contributed by atoms with Gasteiger partial charge >= 0.3 is 0 Å². The molecule has 0 unspecified atom stereocenters. The number of rotatable bonds is 38. The van der Waals surface area contributed by atoms with E-state index >= 15 is 0 Å². The van der Waals surface area contributed by atoms with Crippen LogP contribution < -0.4 is 5.32 Å². The SMILES string of the molecule is CCCCCCc1c(-c2cccs2)sc(-c2ccc(C#N)s2)c1CCCCCC.CCCCCCc1c(-c2cccs2)sc(-c2ccc(C3=C4C(=O)NC(c5ccc(-c6sc(-c7cccs7)c(CCCCCC)c6CCCCCC)s5)=C4C(=O)C3)s2)c1CCCCCC. The van der Waals surface area contributed by atoms with Crippen LogP contribution in [-0.4, -0.2) is 11.7 Å². The van der Waals surface area contributed by atoms with Gasteiger partial charge in [-0.25, -0.2) is 0 Å². The molecule has 4 nitrogen and oxygen atoms in total. The van der Waals surface area contributed by atoms with Gasteiger partial charge in [0, 0.05) is 69.8 Å². The highest BCUT2D eigenvalue weighted by atomic mass is 32.1. The first-order valence-electron chi connectivity index (χ1n) is 35.3. The van der Waals surface area contributed by atoms with Crippen LogP contribution >= 0.6 is 102 Å². The minimum absolute atomic E-state index is 0.0485. The average Bonchev–Trinajstić information content (AvgIpc) is 1.62. The maximum atomic E-state index is 14.1. The predicted octanol–water partition coefficient (Wildman–Crippen LogP) is 27.8. The minimum atomic E-state index is -0.139. The number of unbranched alkanes of at least 4 members (excludes halogenated alkanes) is 18. The molecule has 11 rings (SSSR count). The van der Waals surface area contributed by atoms with E-state index in [1.54, 1.807) is 56.3 Å². The number of nitriles is 1. The summed E-state index contributed by atoms with van der Waals surface area (Å²) in [5, 5.41) is 19.1. The molecule has 0 saturated carbocycles. The van der Waals surface area contributed by atoms with Crippen LogP contribution in [0, 0.1) is 11.3 Å². The van der Waals surface area contributed by atoms with Crippen LogP contribution in [0.4, 0.5) is 0 Å². The minimum Gasteiger partial charge on any atom is -0.320 e. The number of ketones is 1. The van der Waals surface area contributed by atoms with Crippen LogP contribution in [0.3, 0.4) is 0 Å². The number of carbonyl (C=O) groups excluding carboxylic acids is 2. The molecule has 0 saturated heterocycles. The highest BCUT2D eigenvalue weighted by molar-refractivity contribution is 7.28. The Morgan fingerprint density at radius 2 is 0.677 bits per heavy atom. The zero-order valence-corrected chi connectivity index (χ0v) is 63.4. The Kier molecular flexibility index (Phi) is 28.1. The first kappa shape index (κ1) is 71.2. The average molecular weight is 1410 g/mol. The molecular formula is C80H96N2O2S9. The van der Waals surface area contributed by atoms with E-state index in [0.29, 0.717) is 16.8 Å². The summed E-state index contributed by atoms with van der Waals surface area (Å²) in [5.74, 6) is -0.0904. The largest absolute Gasteiger partial charge is 0.320 e. The van der Waals surface area contributed by atoms with E-state index < -0.39 is 0 Å². The third-order valence-electron chi connectivity index (χ3n) is 18.3. The Morgan fingerprint density at radius 3 is 1.01 bits per heavy atom. The summed E-state index contributed by atoms with van der Waals surface area (Å²) in [6.45, 7) is 13.7. The fourth-order valence-electron chi connectivity index (χ4n) is 13.4. The van der Waals surface area contributed by atoms with Crippen LogP contribution in [0.15, 0.2) is 100 Å². The van der Waals surface area contributed by atoms with Crippen molar-refractivity contribution in [2.24, 2.45) is 0 Å². The molecule has 1 amide bonds. The molecule has 9 aromatic heterocycles. The number of allylic oxidation sites excluding steroid dienone is 1. The summed E-state index contributed by atoms with van der Waals surface area (Å²) in [5.41, 5.74) is 12.1. The van der Waals surface area contributed by atoms with Gasteiger partial charge in [-0.3, -0.25) is 9.59 Å². The Morgan fingerprint density at radius 1 is 0.355 bits per heavy atom. The van der Waals surface area contributed by atoms with Crippen LogP contribution in [0.5, 0.6) is 0 Å². The van der Waals surface area contributed by atoms with Crippen molar-refractivity contribution in [3.05, 3.63) is 148 Å². The molecule has 93 heavy (non-hydrogen) atoms. The van der Waals surface area contributed by atoms with E-state index in [4.69, 9.17) is 0 Å². The lowest BCUT2D eigenvalue weighted by molar-refractivity contribution is -0.116. The maximum Gasteiger partial charge on any atom is 0.256 e. The molecule has 0 spiro atoms. The smallest absolute Gasteiger partial charge is 0.256 e. The lowest BCUT2D eigenvalue weighted by Crippen LogP contribution is -2.16. The normalized spacial score (nSPS) is 13.0. The Hall–Kier alpha value is -4.59. The molecule has 1 N–H and O–H groups in total. The Balaban J connectivity index is 0.000000272. The lowest BCUT2D eigenvalue weighted by atomic mass is 9.96. The molecule has 13 heteroatoms. The third kappa shape index (κ3) is 17.8. The highest BCUT2D eigenvalue weighted by Crippen LogP contribution is 2.53. The second-order valence-corrected chi connectivity index (χ2v) is 34.4.